The van der Waals surface area contributed by atoms with Gasteiger partial charge in [0.25, 0.3) is 0 Å². The summed E-state index contributed by atoms with van der Waals surface area (Å²) in [7, 11) is 0. The van der Waals surface area contributed by atoms with Crippen molar-refractivity contribution < 1.29 is 30.0 Å². The van der Waals surface area contributed by atoms with Crippen molar-refractivity contribution in [3.05, 3.63) is 30.3 Å². The van der Waals surface area contributed by atoms with Crippen molar-refractivity contribution in [3.8, 4) is 5.75 Å². The molecule has 0 unspecified atom stereocenters. The molecule has 0 spiro atoms. The van der Waals surface area contributed by atoms with E-state index in [-0.39, 0.29) is 5.97 Å². The lowest BCUT2D eigenvalue weighted by molar-refractivity contribution is -0.134. The zero-order chi connectivity index (χ0) is 15.4. The highest BCUT2D eigenvalue weighted by atomic mass is 16.5. The van der Waals surface area contributed by atoms with Gasteiger partial charge in [0.1, 0.15) is 5.75 Å². The van der Waals surface area contributed by atoms with Crippen LogP contribution in [0.15, 0.2) is 30.3 Å². The number of carbonyl (C=O) groups excluding carboxylic acids is 1. The zero-order valence-electron chi connectivity index (χ0n) is 11.5. The van der Waals surface area contributed by atoms with E-state index < -0.39 is 31.8 Å². The molecule has 0 aliphatic carbocycles. The third-order valence-corrected chi connectivity index (χ3v) is 2.61. The number of para-hydroxylation sites is 1. The lowest BCUT2D eigenvalue weighted by Gasteiger charge is -2.23. The average Bonchev–Trinajstić information content (AvgIpc) is 2.52. The number of rotatable bonds is 6. The van der Waals surface area contributed by atoms with Gasteiger partial charge in [-0.25, -0.2) is 0 Å². The van der Waals surface area contributed by atoms with E-state index in [0.29, 0.717) is 12.2 Å². The van der Waals surface area contributed by atoms with Crippen molar-refractivity contribution in [3.63, 3.8) is 0 Å². The van der Waals surface area contributed by atoms with Crippen LogP contribution in [0.2, 0.25) is 0 Å². The van der Waals surface area contributed by atoms with Crippen molar-refractivity contribution in [2.45, 2.75) is 13.3 Å². The van der Waals surface area contributed by atoms with Gasteiger partial charge >= 0.3 is 5.97 Å². The molecule has 1 aromatic carbocycles. The monoisotopic (exact) mass is 286 g/mol. The first-order valence-corrected chi connectivity index (χ1v) is 6.26. The molecule has 114 valence electrons. The van der Waals surface area contributed by atoms with E-state index in [2.05, 4.69) is 0 Å². The molecule has 6 heteroatoms. The highest BCUT2D eigenvalue weighted by Crippen LogP contribution is 2.11. The summed E-state index contributed by atoms with van der Waals surface area (Å²) >= 11 is 0. The Morgan fingerprint density at radius 3 is 1.75 bits per heavy atom. The van der Waals surface area contributed by atoms with Crippen LogP contribution in [0.4, 0.5) is 0 Å². The Bertz CT molecular complexity index is 344. The predicted octanol–water partition coefficient (Wildman–Crippen LogP) is -0.0560. The van der Waals surface area contributed by atoms with Gasteiger partial charge in [-0.1, -0.05) is 25.1 Å². The van der Waals surface area contributed by atoms with Crippen LogP contribution in [-0.2, 0) is 4.79 Å². The predicted molar refractivity (Wildman–Crippen MR) is 73.1 cm³/mol. The van der Waals surface area contributed by atoms with Gasteiger partial charge in [0.2, 0.25) is 0 Å². The fourth-order valence-electron chi connectivity index (χ4n) is 0.992. The van der Waals surface area contributed by atoms with Gasteiger partial charge in [-0.15, -0.1) is 0 Å². The molecule has 0 aliphatic rings. The van der Waals surface area contributed by atoms with Crippen LogP contribution in [0.1, 0.15) is 13.3 Å². The van der Waals surface area contributed by atoms with E-state index in [1.165, 1.54) is 0 Å². The maximum Gasteiger partial charge on any atom is 0.310 e. The summed E-state index contributed by atoms with van der Waals surface area (Å²) in [5.41, 5.74) is -1.11. The Kier molecular flexibility index (Phi) is 9.57. The summed E-state index contributed by atoms with van der Waals surface area (Å²) in [6, 6.07) is 9.06. The van der Waals surface area contributed by atoms with Gasteiger partial charge in [-0.2, -0.15) is 0 Å². The smallest absolute Gasteiger partial charge is 0.310 e. The van der Waals surface area contributed by atoms with Crippen LogP contribution >= 0.6 is 0 Å². The Labute approximate surface area is 118 Å². The number of ether oxygens (including phenoxy) is 1. The number of hydrogen-bond acceptors (Lipinski definition) is 6. The molecule has 0 atom stereocenters. The molecule has 0 aliphatic heterocycles. The number of esters is 1. The Hall–Kier alpha value is -1.47. The van der Waals surface area contributed by atoms with Crippen molar-refractivity contribution in [2.24, 2.45) is 5.41 Å². The Morgan fingerprint density at radius 1 is 1.00 bits per heavy atom. The SMILES string of the molecule is CCC(=O)Oc1ccccc1.OCC(CO)(CO)CO. The second-order valence-corrected chi connectivity index (χ2v) is 4.27. The molecule has 0 heterocycles. The molecule has 1 aromatic rings. The molecule has 0 bridgehead atoms. The minimum atomic E-state index is -1.11. The van der Waals surface area contributed by atoms with Gasteiger partial charge < -0.3 is 25.2 Å². The molecule has 4 N–H and O–H groups in total. The highest BCUT2D eigenvalue weighted by Gasteiger charge is 2.26. The molecule has 0 radical (unpaired) electrons. The molecule has 1 rings (SSSR count). The molecule has 0 fully saturated rings. The van der Waals surface area contributed by atoms with Crippen LogP contribution in [0.5, 0.6) is 5.75 Å². The molecule has 0 aromatic heterocycles. The minimum Gasteiger partial charge on any atom is -0.427 e. The summed E-state index contributed by atoms with van der Waals surface area (Å²) in [5, 5.41) is 34.0. The van der Waals surface area contributed by atoms with Crippen molar-refractivity contribution >= 4 is 5.97 Å². The topological polar surface area (TPSA) is 107 Å². The second-order valence-electron chi connectivity index (χ2n) is 4.27. The quantitative estimate of drug-likeness (QED) is 0.431. The summed E-state index contributed by atoms with van der Waals surface area (Å²) in [6.45, 7) is 0.144. The Morgan fingerprint density at radius 2 is 1.45 bits per heavy atom. The average molecular weight is 286 g/mol. The van der Waals surface area contributed by atoms with Crippen molar-refractivity contribution in [1.29, 1.82) is 0 Å². The fourth-order valence-corrected chi connectivity index (χ4v) is 0.992. The van der Waals surface area contributed by atoms with Crippen LogP contribution in [0, 0.1) is 5.41 Å². The van der Waals surface area contributed by atoms with E-state index in [0.717, 1.165) is 0 Å². The van der Waals surface area contributed by atoms with Crippen LogP contribution in [0.25, 0.3) is 0 Å². The number of carbonyl (C=O) groups is 1. The van der Waals surface area contributed by atoms with E-state index >= 15 is 0 Å². The normalized spacial score (nSPS) is 10.4. The summed E-state index contributed by atoms with van der Waals surface area (Å²) in [6.07, 6.45) is 0.412. The number of aliphatic hydroxyl groups excluding tert-OH is 4. The first-order valence-electron chi connectivity index (χ1n) is 6.26. The summed E-state index contributed by atoms with van der Waals surface area (Å²) in [4.78, 5) is 10.8. The molecule has 0 saturated heterocycles. The molecule has 20 heavy (non-hydrogen) atoms. The van der Waals surface area contributed by atoms with Gasteiger partial charge in [0.15, 0.2) is 0 Å². The van der Waals surface area contributed by atoms with Gasteiger partial charge in [-0.05, 0) is 12.1 Å². The summed E-state index contributed by atoms with van der Waals surface area (Å²) in [5.74, 6) is 0.413. The van der Waals surface area contributed by atoms with E-state index in [4.69, 9.17) is 25.2 Å². The van der Waals surface area contributed by atoms with Crippen molar-refractivity contribution in [2.75, 3.05) is 26.4 Å². The first kappa shape index (κ1) is 18.5. The largest absolute Gasteiger partial charge is 0.427 e. The maximum absolute atomic E-state index is 10.8. The lowest BCUT2D eigenvalue weighted by Crippen LogP contribution is -2.37. The Balaban J connectivity index is 0.000000370. The fraction of sp³-hybridized carbons (Fsp3) is 0.500. The van der Waals surface area contributed by atoms with Gasteiger partial charge in [0, 0.05) is 6.42 Å². The summed E-state index contributed by atoms with van der Waals surface area (Å²) < 4.78 is 4.92. The standard InChI is InChI=1S/C9H10O2.C5H12O4/c1-2-9(10)11-8-6-4-3-5-7-8;6-1-5(2-7,3-8)4-9/h3-7H,2H2,1H3;6-9H,1-4H2. The third-order valence-electron chi connectivity index (χ3n) is 2.61. The molecular weight excluding hydrogens is 264 g/mol. The highest BCUT2D eigenvalue weighted by molar-refractivity contribution is 5.71. The molecule has 6 nitrogen and oxygen atoms in total. The number of benzene rings is 1. The molecular formula is C14H22O6. The minimum absolute atomic E-state index is 0.198. The van der Waals surface area contributed by atoms with Crippen LogP contribution in [0.3, 0.4) is 0 Å². The van der Waals surface area contributed by atoms with Gasteiger partial charge in [-0.3, -0.25) is 4.79 Å². The molecule has 0 saturated carbocycles. The van der Waals surface area contributed by atoms with Crippen LogP contribution in [-0.4, -0.2) is 52.8 Å². The van der Waals surface area contributed by atoms with E-state index in [9.17, 15) is 4.79 Å². The van der Waals surface area contributed by atoms with E-state index in [1.54, 1.807) is 19.1 Å². The lowest BCUT2D eigenvalue weighted by atomic mass is 9.93. The van der Waals surface area contributed by atoms with Gasteiger partial charge in [0.05, 0.1) is 31.8 Å². The first-order chi connectivity index (χ1) is 9.57. The number of aliphatic hydroxyl groups is 4. The second kappa shape index (κ2) is 10.3. The number of hydrogen-bond donors (Lipinski definition) is 4. The van der Waals surface area contributed by atoms with Crippen molar-refractivity contribution in [1.82, 2.24) is 0 Å². The van der Waals surface area contributed by atoms with Crippen LogP contribution < -0.4 is 4.74 Å². The maximum atomic E-state index is 10.8. The van der Waals surface area contributed by atoms with E-state index in [1.807, 2.05) is 18.2 Å². The zero-order valence-corrected chi connectivity index (χ0v) is 11.5. The molecule has 0 amide bonds. The third kappa shape index (κ3) is 6.63.